The molecule has 1 aliphatic heterocycles. The number of nitrogens with zero attached hydrogens (tertiary/aromatic N) is 2. The number of halogens is 2. The van der Waals surface area contributed by atoms with Gasteiger partial charge in [0.1, 0.15) is 17.7 Å². The highest BCUT2D eigenvalue weighted by atomic mass is 19.1. The number of carbonyl (C=O) groups is 1. The number of hydrogen-bond donors (Lipinski definition) is 2. The zero-order valence-electron chi connectivity index (χ0n) is 18.5. The topological polar surface area (TPSA) is 59.6 Å². The third-order valence-electron chi connectivity index (χ3n) is 6.60. The fraction of sp³-hybridized carbons (Fsp3) is 0.222. The average molecular weight is 462 g/mol. The van der Waals surface area contributed by atoms with Crippen LogP contribution < -0.4 is 0 Å². The summed E-state index contributed by atoms with van der Waals surface area (Å²) < 4.78 is 27.2. The first-order valence-electron chi connectivity index (χ1n) is 11.3. The number of H-pyrrole nitrogens is 1. The summed E-state index contributed by atoms with van der Waals surface area (Å²) in [7, 11) is 0. The van der Waals surface area contributed by atoms with Crippen LogP contribution in [-0.4, -0.2) is 52.0 Å². The summed E-state index contributed by atoms with van der Waals surface area (Å²) in [5.41, 5.74) is 3.49. The van der Waals surface area contributed by atoms with Crippen LogP contribution >= 0.6 is 0 Å². The highest BCUT2D eigenvalue weighted by Crippen LogP contribution is 2.33. The Hall–Kier alpha value is -3.55. The first-order chi connectivity index (χ1) is 16.5. The lowest BCUT2D eigenvalue weighted by Crippen LogP contribution is -2.50. The molecule has 3 aromatic carbocycles. The zero-order valence-corrected chi connectivity index (χ0v) is 18.5. The van der Waals surface area contributed by atoms with Crippen LogP contribution in [0.3, 0.4) is 0 Å². The Bertz CT molecular complexity index is 1230. The first-order valence-corrected chi connectivity index (χ1v) is 11.3. The van der Waals surface area contributed by atoms with E-state index in [0.29, 0.717) is 26.2 Å². The van der Waals surface area contributed by atoms with E-state index in [-0.39, 0.29) is 17.7 Å². The minimum absolute atomic E-state index is 0.181. The van der Waals surface area contributed by atoms with Crippen LogP contribution in [0.2, 0.25) is 0 Å². The maximum atomic E-state index is 13.6. The second-order valence-electron chi connectivity index (χ2n) is 8.61. The second-order valence-corrected chi connectivity index (χ2v) is 8.61. The summed E-state index contributed by atoms with van der Waals surface area (Å²) in [4.78, 5) is 19.7. The number of carboxylic acid groups (broad SMARTS) is 1. The Labute approximate surface area is 196 Å². The van der Waals surface area contributed by atoms with Crippen molar-refractivity contribution in [2.24, 2.45) is 0 Å². The molecule has 1 saturated heterocycles. The van der Waals surface area contributed by atoms with Gasteiger partial charge in [0.2, 0.25) is 0 Å². The molecule has 4 aromatic rings. The average Bonchev–Trinajstić information content (AvgIpc) is 3.26. The van der Waals surface area contributed by atoms with Crippen molar-refractivity contribution in [2.45, 2.75) is 12.1 Å². The lowest BCUT2D eigenvalue weighted by molar-refractivity contribution is -0.144. The van der Waals surface area contributed by atoms with E-state index in [2.05, 4.69) is 9.88 Å². The van der Waals surface area contributed by atoms with E-state index < -0.39 is 12.0 Å². The summed E-state index contributed by atoms with van der Waals surface area (Å²) in [6.07, 6.45) is 1.79. The van der Waals surface area contributed by atoms with Crippen LogP contribution in [0.1, 0.15) is 28.8 Å². The van der Waals surface area contributed by atoms with Crippen molar-refractivity contribution in [1.82, 2.24) is 14.8 Å². The van der Waals surface area contributed by atoms with Gasteiger partial charge in [-0.05, 0) is 41.5 Å². The molecule has 5 rings (SSSR count). The molecule has 34 heavy (non-hydrogen) atoms. The summed E-state index contributed by atoms with van der Waals surface area (Å²) in [6, 6.07) is 19.5. The monoisotopic (exact) mass is 461 g/mol. The van der Waals surface area contributed by atoms with Crippen LogP contribution in [0.25, 0.3) is 10.9 Å². The molecular formula is C27H25F2N3O2. The van der Waals surface area contributed by atoms with Gasteiger partial charge >= 0.3 is 5.97 Å². The number of nitrogens with one attached hydrogen (secondary N) is 1. The molecule has 0 unspecified atom stereocenters. The molecule has 174 valence electrons. The van der Waals surface area contributed by atoms with Crippen molar-refractivity contribution in [1.29, 1.82) is 0 Å². The Morgan fingerprint density at radius 3 is 1.88 bits per heavy atom. The fourth-order valence-corrected chi connectivity index (χ4v) is 4.96. The van der Waals surface area contributed by atoms with E-state index in [1.807, 2.05) is 29.2 Å². The Morgan fingerprint density at radius 1 is 0.794 bits per heavy atom. The number of aliphatic carboxylic acids is 1. The van der Waals surface area contributed by atoms with Gasteiger partial charge in [-0.1, -0.05) is 42.5 Å². The molecule has 0 aliphatic carbocycles. The maximum absolute atomic E-state index is 13.6. The number of fused-ring (bicyclic) bond motifs is 1. The van der Waals surface area contributed by atoms with Crippen molar-refractivity contribution in [3.05, 3.63) is 107 Å². The van der Waals surface area contributed by atoms with Gasteiger partial charge in [0.25, 0.3) is 0 Å². The van der Waals surface area contributed by atoms with Gasteiger partial charge in [-0.3, -0.25) is 14.6 Å². The van der Waals surface area contributed by atoms with Gasteiger partial charge in [-0.25, -0.2) is 8.78 Å². The number of benzene rings is 3. The van der Waals surface area contributed by atoms with Crippen LogP contribution in [0.4, 0.5) is 8.78 Å². The smallest absolute Gasteiger partial charge is 0.325 e. The van der Waals surface area contributed by atoms with Gasteiger partial charge in [-0.15, -0.1) is 0 Å². The van der Waals surface area contributed by atoms with E-state index in [9.17, 15) is 18.7 Å². The largest absolute Gasteiger partial charge is 0.480 e. The Balaban J connectivity index is 1.40. The van der Waals surface area contributed by atoms with Crippen LogP contribution in [0.15, 0.2) is 79.0 Å². The van der Waals surface area contributed by atoms with Crippen molar-refractivity contribution >= 4 is 16.9 Å². The molecule has 0 spiro atoms. The van der Waals surface area contributed by atoms with Gasteiger partial charge in [0.15, 0.2) is 0 Å². The number of hydrogen-bond acceptors (Lipinski definition) is 3. The van der Waals surface area contributed by atoms with Crippen LogP contribution in [-0.2, 0) is 4.79 Å². The number of aromatic amines is 1. The van der Waals surface area contributed by atoms with E-state index >= 15 is 0 Å². The molecule has 5 nitrogen and oxygen atoms in total. The first kappa shape index (κ1) is 22.3. The third-order valence-corrected chi connectivity index (χ3v) is 6.60. The predicted octanol–water partition coefficient (Wildman–Crippen LogP) is 4.98. The molecule has 1 aromatic heterocycles. The minimum Gasteiger partial charge on any atom is -0.480 e. The quantitative estimate of drug-likeness (QED) is 0.425. The van der Waals surface area contributed by atoms with Crippen molar-refractivity contribution in [2.75, 3.05) is 26.2 Å². The summed E-state index contributed by atoms with van der Waals surface area (Å²) in [6.45, 7) is 2.34. The minimum atomic E-state index is -0.883. The third kappa shape index (κ3) is 4.32. The molecule has 1 fully saturated rings. The van der Waals surface area contributed by atoms with Gasteiger partial charge in [0.05, 0.1) is 6.04 Å². The van der Waals surface area contributed by atoms with Crippen LogP contribution in [0.5, 0.6) is 0 Å². The number of para-hydroxylation sites is 1. The Morgan fingerprint density at radius 2 is 1.32 bits per heavy atom. The number of aromatic nitrogens is 1. The van der Waals surface area contributed by atoms with Gasteiger partial charge in [0, 0.05) is 48.8 Å². The molecule has 7 heteroatoms. The van der Waals surface area contributed by atoms with Crippen molar-refractivity contribution in [3.63, 3.8) is 0 Å². The predicted molar refractivity (Wildman–Crippen MR) is 126 cm³/mol. The molecule has 0 saturated carbocycles. The molecule has 0 radical (unpaired) electrons. The number of carboxylic acids is 1. The molecule has 1 atom stereocenters. The van der Waals surface area contributed by atoms with Crippen LogP contribution in [0, 0.1) is 11.6 Å². The van der Waals surface area contributed by atoms with Crippen molar-refractivity contribution < 1.29 is 18.7 Å². The highest BCUT2D eigenvalue weighted by molar-refractivity contribution is 5.89. The maximum Gasteiger partial charge on any atom is 0.325 e. The number of piperazine rings is 1. The SMILES string of the molecule is O=C(O)[C@H](c1c[nH]c2ccccc12)N1CCN(C(c2ccc(F)cc2)c2ccc(F)cc2)CC1. The zero-order chi connectivity index (χ0) is 23.7. The lowest BCUT2D eigenvalue weighted by atomic mass is 9.95. The molecular weight excluding hydrogens is 436 g/mol. The van der Waals surface area contributed by atoms with Crippen molar-refractivity contribution in [3.8, 4) is 0 Å². The normalized spacial score (nSPS) is 16.2. The Kier molecular flexibility index (Phi) is 6.13. The molecule has 0 bridgehead atoms. The summed E-state index contributed by atoms with van der Waals surface area (Å²) >= 11 is 0. The van der Waals surface area contributed by atoms with E-state index in [1.54, 1.807) is 30.5 Å². The summed E-state index contributed by atoms with van der Waals surface area (Å²) in [5.74, 6) is -1.50. The summed E-state index contributed by atoms with van der Waals surface area (Å²) in [5, 5.41) is 11.0. The van der Waals surface area contributed by atoms with E-state index in [0.717, 1.165) is 27.6 Å². The van der Waals surface area contributed by atoms with Gasteiger partial charge < -0.3 is 10.1 Å². The molecule has 2 N–H and O–H groups in total. The standard InChI is InChI=1S/C27H25F2N3O2/c28-20-9-5-18(6-10-20)25(19-7-11-21(29)12-8-19)31-13-15-32(16-14-31)26(27(33)34)23-17-30-24-4-2-1-3-22(23)24/h1-12,17,25-26,30H,13-16H2,(H,33,34)/t26-/m0/s1. The van der Waals surface area contributed by atoms with Gasteiger partial charge in [-0.2, -0.15) is 0 Å². The van der Waals surface area contributed by atoms with E-state index in [4.69, 9.17) is 0 Å². The second kappa shape index (κ2) is 9.37. The number of rotatable bonds is 6. The lowest BCUT2D eigenvalue weighted by Gasteiger charge is -2.41. The van der Waals surface area contributed by atoms with E-state index in [1.165, 1.54) is 24.3 Å². The molecule has 1 aliphatic rings. The molecule has 2 heterocycles. The molecule has 0 amide bonds. The highest BCUT2D eigenvalue weighted by Gasteiger charge is 2.34. The fourth-order valence-electron chi connectivity index (χ4n) is 4.96.